The van der Waals surface area contributed by atoms with E-state index in [2.05, 4.69) is 5.32 Å². The van der Waals surface area contributed by atoms with E-state index in [1.807, 2.05) is 0 Å². The Morgan fingerprint density at radius 2 is 2.05 bits per heavy atom. The number of methoxy groups -OCH3 is 1. The molecule has 0 spiro atoms. The molecule has 2 N–H and O–H groups in total. The van der Waals surface area contributed by atoms with Crippen molar-refractivity contribution in [3.8, 4) is 5.75 Å². The fourth-order valence-corrected chi connectivity index (χ4v) is 1.80. The molecule has 0 aromatic heterocycles. The minimum atomic E-state index is -1.17. The van der Waals surface area contributed by atoms with Gasteiger partial charge in [-0.15, -0.1) is 0 Å². The fraction of sp³-hybridized carbons (Fsp3) is 0.429. The summed E-state index contributed by atoms with van der Waals surface area (Å²) in [6.07, 6.45) is -0.459. The van der Waals surface area contributed by atoms with Crippen LogP contribution in [0.25, 0.3) is 0 Å². The average Bonchev–Trinajstić information content (AvgIpc) is 2.45. The molecule has 1 rings (SSSR count). The summed E-state index contributed by atoms with van der Waals surface area (Å²) in [6.45, 7) is 1.64. The van der Waals surface area contributed by atoms with Crippen molar-refractivity contribution in [2.75, 3.05) is 13.7 Å². The first-order valence-electron chi connectivity index (χ1n) is 6.42. The van der Waals surface area contributed by atoms with Crippen molar-refractivity contribution in [2.24, 2.45) is 0 Å². The van der Waals surface area contributed by atoms with Crippen molar-refractivity contribution in [1.82, 2.24) is 5.32 Å². The second-order valence-corrected chi connectivity index (χ2v) is 4.71. The zero-order valence-electron chi connectivity index (χ0n) is 11.8. The van der Waals surface area contributed by atoms with Crippen LogP contribution in [0.5, 0.6) is 5.75 Å². The van der Waals surface area contributed by atoms with E-state index in [0.717, 1.165) is 0 Å². The first kappa shape index (κ1) is 17.3. The Balaban J connectivity index is 2.73. The van der Waals surface area contributed by atoms with E-state index in [1.165, 1.54) is 7.11 Å². The summed E-state index contributed by atoms with van der Waals surface area (Å²) in [5.74, 6) is -1.32. The molecule has 1 aromatic rings. The molecule has 2 atom stereocenters. The van der Waals surface area contributed by atoms with Gasteiger partial charge in [-0.3, -0.25) is 4.79 Å². The van der Waals surface area contributed by atoms with Crippen LogP contribution in [0.3, 0.4) is 0 Å². The third kappa shape index (κ3) is 5.24. The highest BCUT2D eigenvalue weighted by Gasteiger charge is 2.25. The number of carbonyl (C=O) groups is 2. The zero-order chi connectivity index (χ0) is 15.8. The van der Waals surface area contributed by atoms with E-state index < -0.39 is 24.0 Å². The van der Waals surface area contributed by atoms with Crippen LogP contribution in [0.15, 0.2) is 24.3 Å². The van der Waals surface area contributed by atoms with Gasteiger partial charge in [0.1, 0.15) is 5.75 Å². The summed E-state index contributed by atoms with van der Waals surface area (Å²) >= 11 is 5.97. The van der Waals surface area contributed by atoms with Crippen molar-refractivity contribution in [2.45, 2.75) is 25.5 Å². The predicted octanol–water partition coefficient (Wildman–Crippen LogP) is 1.71. The molecule has 0 radical (unpaired) electrons. The largest absolute Gasteiger partial charge is 0.480 e. The highest BCUT2D eigenvalue weighted by molar-refractivity contribution is 6.32. The third-order valence-corrected chi connectivity index (χ3v) is 3.03. The summed E-state index contributed by atoms with van der Waals surface area (Å²) in [5, 5.41) is 11.7. The van der Waals surface area contributed by atoms with Crippen LogP contribution < -0.4 is 10.1 Å². The van der Waals surface area contributed by atoms with Gasteiger partial charge in [0.05, 0.1) is 11.6 Å². The van der Waals surface area contributed by atoms with E-state index in [1.54, 1.807) is 31.2 Å². The Bertz CT molecular complexity index is 494. The summed E-state index contributed by atoms with van der Waals surface area (Å²) in [7, 11) is 1.36. The normalized spacial score (nSPS) is 13.3. The fourth-order valence-electron chi connectivity index (χ4n) is 1.62. The number of aliphatic carboxylic acids is 1. The van der Waals surface area contributed by atoms with Crippen LogP contribution >= 0.6 is 11.6 Å². The van der Waals surface area contributed by atoms with Gasteiger partial charge in [0.25, 0.3) is 5.91 Å². The zero-order valence-corrected chi connectivity index (χ0v) is 12.6. The summed E-state index contributed by atoms with van der Waals surface area (Å²) in [5.41, 5.74) is 0. The van der Waals surface area contributed by atoms with E-state index in [-0.39, 0.29) is 6.61 Å². The number of benzene rings is 1. The van der Waals surface area contributed by atoms with Crippen molar-refractivity contribution < 1.29 is 24.2 Å². The van der Waals surface area contributed by atoms with Crippen LogP contribution in [0.4, 0.5) is 0 Å². The number of rotatable bonds is 8. The molecule has 6 nitrogen and oxygen atoms in total. The van der Waals surface area contributed by atoms with Gasteiger partial charge in [0.15, 0.2) is 12.1 Å². The monoisotopic (exact) mass is 315 g/mol. The van der Waals surface area contributed by atoms with Crippen molar-refractivity contribution in [3.05, 3.63) is 29.3 Å². The van der Waals surface area contributed by atoms with E-state index in [9.17, 15) is 9.59 Å². The molecule has 21 heavy (non-hydrogen) atoms. The second kappa shape index (κ2) is 8.49. The molecule has 0 bridgehead atoms. The number of hydrogen-bond acceptors (Lipinski definition) is 4. The quantitative estimate of drug-likeness (QED) is 0.763. The molecule has 7 heteroatoms. The molecule has 1 aromatic carbocycles. The maximum Gasteiger partial charge on any atom is 0.328 e. The number of carboxylic acid groups (broad SMARTS) is 1. The molecule has 0 aliphatic heterocycles. The number of halogens is 1. The number of carbonyl (C=O) groups excluding carboxylic acids is 1. The highest BCUT2D eigenvalue weighted by atomic mass is 35.5. The molecule has 0 saturated heterocycles. The molecular formula is C14H18ClNO5. The SMILES string of the molecule is CCC(Oc1ccccc1Cl)C(=O)NC(COC)C(=O)O. The first-order valence-corrected chi connectivity index (χ1v) is 6.80. The molecule has 0 heterocycles. The maximum absolute atomic E-state index is 12.1. The van der Waals surface area contributed by atoms with Crippen LogP contribution in [0.2, 0.25) is 5.02 Å². The topological polar surface area (TPSA) is 84.9 Å². The van der Waals surface area contributed by atoms with Gasteiger partial charge in [-0.1, -0.05) is 30.7 Å². The number of amides is 1. The van der Waals surface area contributed by atoms with E-state index in [0.29, 0.717) is 17.2 Å². The van der Waals surface area contributed by atoms with Gasteiger partial charge in [-0.05, 0) is 18.6 Å². The van der Waals surface area contributed by atoms with Crippen molar-refractivity contribution >= 4 is 23.5 Å². The molecule has 0 saturated carbocycles. The molecule has 116 valence electrons. The molecule has 0 aliphatic rings. The summed E-state index contributed by atoms with van der Waals surface area (Å²) in [4.78, 5) is 23.1. The smallest absolute Gasteiger partial charge is 0.328 e. The third-order valence-electron chi connectivity index (χ3n) is 2.72. The summed E-state index contributed by atoms with van der Waals surface area (Å²) in [6, 6.07) is 5.65. The maximum atomic E-state index is 12.1. The lowest BCUT2D eigenvalue weighted by Crippen LogP contribution is -2.49. The van der Waals surface area contributed by atoms with Gasteiger partial charge in [-0.2, -0.15) is 0 Å². The molecule has 0 aliphatic carbocycles. The Morgan fingerprint density at radius 3 is 2.57 bits per heavy atom. The van der Waals surface area contributed by atoms with Gasteiger partial charge in [-0.25, -0.2) is 4.79 Å². The minimum absolute atomic E-state index is 0.121. The lowest BCUT2D eigenvalue weighted by Gasteiger charge is -2.20. The Hall–Kier alpha value is -1.79. The highest BCUT2D eigenvalue weighted by Crippen LogP contribution is 2.24. The van der Waals surface area contributed by atoms with Gasteiger partial charge >= 0.3 is 5.97 Å². The average molecular weight is 316 g/mol. The Labute approximate surface area is 128 Å². The first-order chi connectivity index (χ1) is 9.99. The number of carboxylic acids is 1. The summed E-state index contributed by atoms with van der Waals surface area (Å²) < 4.78 is 10.3. The van der Waals surface area contributed by atoms with E-state index >= 15 is 0 Å². The number of para-hydroxylation sites is 1. The Kier molecular flexibility index (Phi) is 6.98. The number of hydrogen-bond donors (Lipinski definition) is 2. The van der Waals surface area contributed by atoms with Crippen molar-refractivity contribution in [1.29, 1.82) is 0 Å². The predicted molar refractivity (Wildman–Crippen MR) is 77.6 cm³/mol. The van der Waals surface area contributed by atoms with Crippen LogP contribution in [-0.4, -0.2) is 42.8 Å². The van der Waals surface area contributed by atoms with Gasteiger partial charge < -0.3 is 19.9 Å². The lowest BCUT2D eigenvalue weighted by molar-refractivity contribution is -0.144. The number of ether oxygens (including phenoxy) is 2. The van der Waals surface area contributed by atoms with Crippen LogP contribution in [0, 0.1) is 0 Å². The number of nitrogens with one attached hydrogen (secondary N) is 1. The molecule has 2 unspecified atom stereocenters. The standard InChI is InChI=1S/C14H18ClNO5/c1-3-11(21-12-7-5-4-6-9(12)15)13(17)16-10(8-20-2)14(18)19/h4-7,10-11H,3,8H2,1-2H3,(H,16,17)(H,18,19). The van der Waals surface area contributed by atoms with Crippen LogP contribution in [-0.2, 0) is 14.3 Å². The molecule has 0 fully saturated rings. The van der Waals surface area contributed by atoms with Crippen molar-refractivity contribution in [3.63, 3.8) is 0 Å². The minimum Gasteiger partial charge on any atom is -0.480 e. The van der Waals surface area contributed by atoms with Gasteiger partial charge in [0.2, 0.25) is 0 Å². The van der Waals surface area contributed by atoms with E-state index in [4.69, 9.17) is 26.2 Å². The Morgan fingerprint density at radius 1 is 1.38 bits per heavy atom. The van der Waals surface area contributed by atoms with Crippen LogP contribution in [0.1, 0.15) is 13.3 Å². The molecular weight excluding hydrogens is 298 g/mol. The molecule has 1 amide bonds. The van der Waals surface area contributed by atoms with Gasteiger partial charge in [0, 0.05) is 7.11 Å². The second-order valence-electron chi connectivity index (χ2n) is 4.30. The lowest BCUT2D eigenvalue weighted by atomic mass is 10.2.